The average Bonchev–Trinajstić information content (AvgIpc) is 2.80. The lowest BCUT2D eigenvalue weighted by Crippen LogP contribution is -2.32. The third kappa shape index (κ3) is 2.46. The maximum absolute atomic E-state index is 11.4. The Morgan fingerprint density at radius 3 is 2.79 bits per heavy atom. The normalized spacial score (nSPS) is 19.6. The predicted molar refractivity (Wildman–Crippen MR) is 71.4 cm³/mol. The summed E-state index contributed by atoms with van der Waals surface area (Å²) in [5.41, 5.74) is 6.80. The van der Waals surface area contributed by atoms with Crippen LogP contribution in [0.5, 0.6) is 0 Å². The molecule has 102 valence electrons. The van der Waals surface area contributed by atoms with Crippen molar-refractivity contribution in [3.05, 3.63) is 6.33 Å². The molecule has 19 heavy (non-hydrogen) atoms. The topological polar surface area (TPSA) is 127 Å². The van der Waals surface area contributed by atoms with E-state index in [0.29, 0.717) is 29.8 Å². The van der Waals surface area contributed by atoms with Crippen molar-refractivity contribution in [2.24, 2.45) is 0 Å². The molecule has 1 saturated heterocycles. The lowest BCUT2D eigenvalue weighted by atomic mass is 10.1. The van der Waals surface area contributed by atoms with Crippen molar-refractivity contribution in [3.63, 3.8) is 0 Å². The Bertz CT molecular complexity index is 696. The third-order valence-electron chi connectivity index (χ3n) is 3.20. The standard InChI is InChI=1S/C10H14N6O2S/c11-10-15-8-7(12-5-13-8)9(16-10)14-6-1-3-19(17,18)4-2-6/h5-6H,1-4H2,(H4,11,12,13,14,15,16). The second-order valence-electron chi connectivity index (χ2n) is 4.60. The molecule has 0 bridgehead atoms. The molecular formula is C10H14N6O2S. The van der Waals surface area contributed by atoms with Crippen molar-refractivity contribution in [2.75, 3.05) is 22.6 Å². The van der Waals surface area contributed by atoms with E-state index < -0.39 is 9.84 Å². The van der Waals surface area contributed by atoms with Gasteiger partial charge in [-0.25, -0.2) is 13.4 Å². The van der Waals surface area contributed by atoms with Crippen molar-refractivity contribution in [1.29, 1.82) is 0 Å². The van der Waals surface area contributed by atoms with Gasteiger partial charge < -0.3 is 16.0 Å². The first-order valence-corrected chi connectivity index (χ1v) is 7.79. The van der Waals surface area contributed by atoms with Crippen LogP contribution in [0, 0.1) is 0 Å². The summed E-state index contributed by atoms with van der Waals surface area (Å²) in [5, 5.41) is 3.22. The number of rotatable bonds is 2. The van der Waals surface area contributed by atoms with Gasteiger partial charge in [-0.3, -0.25) is 0 Å². The van der Waals surface area contributed by atoms with Crippen molar-refractivity contribution in [1.82, 2.24) is 19.9 Å². The van der Waals surface area contributed by atoms with E-state index in [1.54, 1.807) is 0 Å². The number of aromatic nitrogens is 4. The third-order valence-corrected chi connectivity index (χ3v) is 4.91. The fourth-order valence-corrected chi connectivity index (χ4v) is 3.67. The smallest absolute Gasteiger partial charge is 0.224 e. The number of imidazole rings is 1. The van der Waals surface area contributed by atoms with Crippen LogP contribution < -0.4 is 11.1 Å². The number of aromatic amines is 1. The first-order chi connectivity index (χ1) is 9.03. The number of H-pyrrole nitrogens is 1. The molecule has 0 atom stereocenters. The van der Waals surface area contributed by atoms with Crippen LogP contribution in [0.4, 0.5) is 11.8 Å². The van der Waals surface area contributed by atoms with Crippen LogP contribution in [0.1, 0.15) is 12.8 Å². The number of fused-ring (bicyclic) bond motifs is 1. The summed E-state index contributed by atoms with van der Waals surface area (Å²) in [6.45, 7) is 0. The minimum Gasteiger partial charge on any atom is -0.368 e. The molecule has 3 rings (SSSR count). The van der Waals surface area contributed by atoms with Crippen LogP contribution >= 0.6 is 0 Å². The molecule has 1 aliphatic rings. The SMILES string of the molecule is Nc1nc(NC2CCS(=O)(=O)CC2)c2[nH]cnc2n1. The van der Waals surface area contributed by atoms with E-state index in [1.165, 1.54) is 6.33 Å². The Morgan fingerprint density at radius 2 is 2.05 bits per heavy atom. The van der Waals surface area contributed by atoms with Gasteiger partial charge in [-0.1, -0.05) is 0 Å². The van der Waals surface area contributed by atoms with Crippen molar-refractivity contribution in [3.8, 4) is 0 Å². The summed E-state index contributed by atoms with van der Waals surface area (Å²) in [6.07, 6.45) is 2.67. The Labute approximate surface area is 109 Å². The van der Waals surface area contributed by atoms with Crippen LogP contribution in [0.2, 0.25) is 0 Å². The van der Waals surface area contributed by atoms with E-state index in [2.05, 4.69) is 25.3 Å². The molecule has 2 aromatic heterocycles. The van der Waals surface area contributed by atoms with Crippen molar-refractivity contribution >= 4 is 32.8 Å². The van der Waals surface area contributed by atoms with Gasteiger partial charge in [0.25, 0.3) is 0 Å². The monoisotopic (exact) mass is 282 g/mol. The van der Waals surface area contributed by atoms with Crippen LogP contribution in [0.3, 0.4) is 0 Å². The molecule has 1 fully saturated rings. The number of sulfone groups is 1. The number of nitrogens with one attached hydrogen (secondary N) is 2. The maximum Gasteiger partial charge on any atom is 0.224 e. The first kappa shape index (κ1) is 12.2. The van der Waals surface area contributed by atoms with Crippen LogP contribution in [0.25, 0.3) is 11.2 Å². The van der Waals surface area contributed by atoms with Gasteiger partial charge in [0, 0.05) is 6.04 Å². The van der Waals surface area contributed by atoms with Gasteiger partial charge in [-0.15, -0.1) is 0 Å². The molecule has 9 heteroatoms. The minimum absolute atomic E-state index is 0.0734. The lowest BCUT2D eigenvalue weighted by molar-refractivity contribution is 0.559. The summed E-state index contributed by atoms with van der Waals surface area (Å²) in [5.74, 6) is 1.13. The highest BCUT2D eigenvalue weighted by Gasteiger charge is 2.24. The fourth-order valence-electron chi connectivity index (χ4n) is 2.18. The molecule has 0 spiro atoms. The second-order valence-corrected chi connectivity index (χ2v) is 6.91. The van der Waals surface area contributed by atoms with Crippen molar-refractivity contribution in [2.45, 2.75) is 18.9 Å². The lowest BCUT2D eigenvalue weighted by Gasteiger charge is -2.23. The summed E-state index contributed by atoms with van der Waals surface area (Å²) < 4.78 is 22.8. The molecule has 0 unspecified atom stereocenters. The van der Waals surface area contributed by atoms with Gasteiger partial charge in [-0.2, -0.15) is 9.97 Å². The molecule has 8 nitrogen and oxygen atoms in total. The van der Waals surface area contributed by atoms with E-state index >= 15 is 0 Å². The number of nitrogens with two attached hydrogens (primary N) is 1. The number of nitrogen functional groups attached to an aromatic ring is 1. The molecule has 0 radical (unpaired) electrons. The molecule has 0 amide bonds. The highest BCUT2D eigenvalue weighted by Crippen LogP contribution is 2.21. The summed E-state index contributed by atoms with van der Waals surface area (Å²) in [6, 6.07) is 0.0734. The zero-order valence-corrected chi connectivity index (χ0v) is 10.9. The van der Waals surface area contributed by atoms with E-state index in [4.69, 9.17) is 5.73 Å². The fraction of sp³-hybridized carbons (Fsp3) is 0.500. The van der Waals surface area contributed by atoms with Gasteiger partial charge in [0.1, 0.15) is 15.4 Å². The minimum atomic E-state index is -2.87. The molecule has 1 aliphatic heterocycles. The van der Waals surface area contributed by atoms with Gasteiger partial charge in [-0.05, 0) is 12.8 Å². The molecular weight excluding hydrogens is 268 g/mol. The Morgan fingerprint density at radius 1 is 1.32 bits per heavy atom. The molecule has 0 saturated carbocycles. The molecule has 0 aromatic carbocycles. The summed E-state index contributed by atoms with van der Waals surface area (Å²) in [4.78, 5) is 15.1. The highest BCUT2D eigenvalue weighted by molar-refractivity contribution is 7.91. The zero-order valence-electron chi connectivity index (χ0n) is 10.1. The molecule has 0 aliphatic carbocycles. The van der Waals surface area contributed by atoms with E-state index in [9.17, 15) is 8.42 Å². The van der Waals surface area contributed by atoms with Crippen LogP contribution in [0.15, 0.2) is 6.33 Å². The van der Waals surface area contributed by atoms with E-state index in [1.807, 2.05) is 0 Å². The number of anilines is 2. The summed E-state index contributed by atoms with van der Waals surface area (Å²) in [7, 11) is -2.87. The molecule has 2 aromatic rings. The van der Waals surface area contributed by atoms with Gasteiger partial charge >= 0.3 is 0 Å². The summed E-state index contributed by atoms with van der Waals surface area (Å²) >= 11 is 0. The van der Waals surface area contributed by atoms with Crippen LogP contribution in [-0.4, -0.2) is 45.9 Å². The molecule has 3 heterocycles. The highest BCUT2D eigenvalue weighted by atomic mass is 32.2. The maximum atomic E-state index is 11.4. The van der Waals surface area contributed by atoms with E-state index in [0.717, 1.165) is 0 Å². The van der Waals surface area contributed by atoms with Gasteiger partial charge in [0.05, 0.1) is 17.8 Å². The predicted octanol–water partition coefficient (Wildman–Crippen LogP) is -0.0758. The number of nitrogens with zero attached hydrogens (tertiary/aromatic N) is 3. The average molecular weight is 282 g/mol. The van der Waals surface area contributed by atoms with Crippen molar-refractivity contribution < 1.29 is 8.42 Å². The largest absolute Gasteiger partial charge is 0.368 e. The molecule has 4 N–H and O–H groups in total. The number of hydrogen-bond donors (Lipinski definition) is 3. The quantitative estimate of drug-likeness (QED) is 0.703. The number of hydrogen-bond acceptors (Lipinski definition) is 7. The van der Waals surface area contributed by atoms with Gasteiger partial charge in [0.2, 0.25) is 5.95 Å². The first-order valence-electron chi connectivity index (χ1n) is 5.97. The Balaban J connectivity index is 1.84. The Kier molecular flexibility index (Phi) is 2.77. The van der Waals surface area contributed by atoms with Gasteiger partial charge in [0.15, 0.2) is 11.5 Å². The Hall–Kier alpha value is -1.90. The second kappa shape index (κ2) is 4.34. The zero-order chi connectivity index (χ0) is 13.5. The van der Waals surface area contributed by atoms with E-state index in [-0.39, 0.29) is 23.5 Å². The van der Waals surface area contributed by atoms with Crippen LogP contribution in [-0.2, 0) is 9.84 Å².